The number of hydrogen-bond acceptors (Lipinski definition) is 2. The van der Waals surface area contributed by atoms with Gasteiger partial charge in [-0.3, -0.25) is 0 Å². The van der Waals surface area contributed by atoms with Gasteiger partial charge in [-0.25, -0.2) is 0 Å². The Hall–Kier alpha value is -0.0800. The summed E-state index contributed by atoms with van der Waals surface area (Å²) in [7, 11) is 0. The van der Waals surface area contributed by atoms with Crippen molar-refractivity contribution in [3.05, 3.63) is 0 Å². The van der Waals surface area contributed by atoms with Crippen molar-refractivity contribution >= 4 is 0 Å². The van der Waals surface area contributed by atoms with Crippen molar-refractivity contribution in [2.45, 2.75) is 52.7 Å². The van der Waals surface area contributed by atoms with Gasteiger partial charge in [-0.05, 0) is 18.3 Å². The Labute approximate surface area is 74.6 Å². The predicted molar refractivity (Wildman–Crippen MR) is 48.6 cm³/mol. The van der Waals surface area contributed by atoms with Crippen LogP contribution >= 0.6 is 0 Å². The van der Waals surface area contributed by atoms with E-state index < -0.39 is 11.2 Å². The molecule has 0 spiro atoms. The van der Waals surface area contributed by atoms with Crippen molar-refractivity contribution in [2.24, 2.45) is 10.8 Å². The summed E-state index contributed by atoms with van der Waals surface area (Å²) in [5.74, 6) is -1.49. The second-order valence-corrected chi connectivity index (χ2v) is 5.18. The fourth-order valence-corrected chi connectivity index (χ4v) is 1.94. The van der Waals surface area contributed by atoms with Crippen LogP contribution in [0.2, 0.25) is 0 Å². The minimum atomic E-state index is -1.49. The highest BCUT2D eigenvalue weighted by Gasteiger charge is 2.53. The van der Waals surface area contributed by atoms with Crippen molar-refractivity contribution < 1.29 is 10.2 Å². The first-order valence-electron chi connectivity index (χ1n) is 4.65. The lowest BCUT2D eigenvalue weighted by molar-refractivity contribution is -0.284. The molecule has 0 aromatic carbocycles. The van der Waals surface area contributed by atoms with Crippen LogP contribution in [0, 0.1) is 10.8 Å². The van der Waals surface area contributed by atoms with Crippen molar-refractivity contribution in [3.63, 3.8) is 0 Å². The van der Waals surface area contributed by atoms with Crippen LogP contribution in [0.3, 0.4) is 0 Å². The first-order chi connectivity index (χ1) is 5.21. The Morgan fingerprint density at radius 1 is 0.917 bits per heavy atom. The zero-order valence-electron chi connectivity index (χ0n) is 8.52. The van der Waals surface area contributed by atoms with E-state index >= 15 is 0 Å². The molecule has 2 nitrogen and oxygen atoms in total. The van der Waals surface area contributed by atoms with Crippen LogP contribution in [0.1, 0.15) is 47.0 Å². The minimum Gasteiger partial charge on any atom is -0.365 e. The molecule has 0 aromatic heterocycles. The van der Waals surface area contributed by atoms with E-state index in [-0.39, 0.29) is 5.41 Å². The summed E-state index contributed by atoms with van der Waals surface area (Å²) in [4.78, 5) is 0. The lowest BCUT2D eigenvalue weighted by Crippen LogP contribution is -2.55. The van der Waals surface area contributed by atoms with Gasteiger partial charge >= 0.3 is 0 Å². The Bertz CT molecular complexity index is 162. The Kier molecular flexibility index (Phi) is 2.05. The third-order valence-corrected chi connectivity index (χ3v) is 4.02. The molecule has 12 heavy (non-hydrogen) atoms. The SMILES string of the molecule is CC1(C)CCCC(O)(O)C1(C)C. The smallest absolute Gasteiger partial charge is 0.168 e. The molecule has 0 heterocycles. The normalized spacial score (nSPS) is 31.5. The zero-order valence-corrected chi connectivity index (χ0v) is 8.52. The highest BCUT2D eigenvalue weighted by atomic mass is 16.5. The minimum absolute atomic E-state index is 0.00868. The molecule has 1 rings (SSSR count). The highest BCUT2D eigenvalue weighted by molar-refractivity contribution is 4.98. The molecule has 0 saturated heterocycles. The first-order valence-corrected chi connectivity index (χ1v) is 4.65. The molecule has 0 atom stereocenters. The molecule has 0 aromatic rings. The fraction of sp³-hybridized carbons (Fsp3) is 1.00. The highest BCUT2D eigenvalue weighted by Crippen LogP contribution is 2.53. The Morgan fingerprint density at radius 2 is 1.42 bits per heavy atom. The lowest BCUT2D eigenvalue weighted by atomic mass is 9.56. The van der Waals surface area contributed by atoms with Crippen molar-refractivity contribution in [2.75, 3.05) is 0 Å². The topological polar surface area (TPSA) is 40.5 Å². The molecular weight excluding hydrogens is 152 g/mol. The van der Waals surface area contributed by atoms with Gasteiger partial charge in [0.25, 0.3) is 0 Å². The van der Waals surface area contributed by atoms with E-state index in [2.05, 4.69) is 13.8 Å². The van der Waals surface area contributed by atoms with Gasteiger partial charge < -0.3 is 10.2 Å². The largest absolute Gasteiger partial charge is 0.365 e. The number of hydrogen-bond donors (Lipinski definition) is 2. The summed E-state index contributed by atoms with van der Waals surface area (Å²) < 4.78 is 0. The van der Waals surface area contributed by atoms with Crippen LogP contribution in [0.15, 0.2) is 0 Å². The third kappa shape index (κ3) is 1.17. The van der Waals surface area contributed by atoms with E-state index in [0.717, 1.165) is 12.8 Å². The molecule has 0 amide bonds. The van der Waals surface area contributed by atoms with Gasteiger partial charge in [-0.15, -0.1) is 0 Å². The molecule has 1 aliphatic carbocycles. The van der Waals surface area contributed by atoms with Gasteiger partial charge in [0.15, 0.2) is 5.79 Å². The molecule has 1 saturated carbocycles. The number of rotatable bonds is 0. The van der Waals surface area contributed by atoms with Crippen LogP contribution in [-0.4, -0.2) is 16.0 Å². The van der Waals surface area contributed by atoms with Crippen LogP contribution in [-0.2, 0) is 0 Å². The Morgan fingerprint density at radius 3 is 1.75 bits per heavy atom. The van der Waals surface area contributed by atoms with Gasteiger partial charge in [0.05, 0.1) is 0 Å². The molecule has 1 fully saturated rings. The average Bonchev–Trinajstić information content (AvgIpc) is 1.83. The fourth-order valence-electron chi connectivity index (χ4n) is 1.94. The Balaban J connectivity index is 2.99. The van der Waals surface area contributed by atoms with Gasteiger partial charge in [0, 0.05) is 11.8 Å². The average molecular weight is 172 g/mol. The molecule has 0 bridgehead atoms. The summed E-state index contributed by atoms with van der Waals surface area (Å²) in [5, 5.41) is 19.6. The van der Waals surface area contributed by atoms with E-state index in [0.29, 0.717) is 6.42 Å². The molecule has 1 aliphatic rings. The molecule has 0 aliphatic heterocycles. The molecule has 0 unspecified atom stereocenters. The summed E-state index contributed by atoms with van der Waals surface area (Å²) in [6.45, 7) is 8.08. The maximum absolute atomic E-state index is 9.79. The maximum Gasteiger partial charge on any atom is 0.168 e. The van der Waals surface area contributed by atoms with Crippen LogP contribution in [0.4, 0.5) is 0 Å². The monoisotopic (exact) mass is 172 g/mol. The standard InChI is InChI=1S/C10H20O2/c1-8(2)6-5-7-10(11,12)9(8,3)4/h11-12H,5-7H2,1-4H3. The van der Waals surface area contributed by atoms with Crippen molar-refractivity contribution in [1.82, 2.24) is 0 Å². The van der Waals surface area contributed by atoms with Gasteiger partial charge in [-0.1, -0.05) is 27.7 Å². The van der Waals surface area contributed by atoms with E-state index in [1.165, 1.54) is 0 Å². The maximum atomic E-state index is 9.79. The summed E-state index contributed by atoms with van der Waals surface area (Å²) in [6.07, 6.45) is 2.48. The zero-order chi connectivity index (χ0) is 9.62. The van der Waals surface area contributed by atoms with E-state index in [9.17, 15) is 10.2 Å². The number of aliphatic hydroxyl groups is 2. The van der Waals surface area contributed by atoms with Crippen LogP contribution in [0.5, 0.6) is 0 Å². The molecular formula is C10H20O2. The first kappa shape index (κ1) is 10.0. The second-order valence-electron chi connectivity index (χ2n) is 5.18. The second kappa shape index (κ2) is 2.46. The van der Waals surface area contributed by atoms with Crippen molar-refractivity contribution in [1.29, 1.82) is 0 Å². The molecule has 2 N–H and O–H groups in total. The van der Waals surface area contributed by atoms with Gasteiger partial charge in [0.1, 0.15) is 0 Å². The summed E-state index contributed by atoms with van der Waals surface area (Å²) in [5.41, 5.74) is -0.410. The predicted octanol–water partition coefficient (Wildman–Crippen LogP) is 1.90. The van der Waals surface area contributed by atoms with Gasteiger partial charge in [0.2, 0.25) is 0 Å². The van der Waals surface area contributed by atoms with E-state index in [1.807, 2.05) is 13.8 Å². The summed E-state index contributed by atoms with van der Waals surface area (Å²) >= 11 is 0. The third-order valence-electron chi connectivity index (χ3n) is 4.02. The van der Waals surface area contributed by atoms with Crippen LogP contribution in [0.25, 0.3) is 0 Å². The molecule has 72 valence electrons. The molecule has 2 heteroatoms. The summed E-state index contributed by atoms with van der Waals surface area (Å²) in [6, 6.07) is 0. The van der Waals surface area contributed by atoms with Crippen molar-refractivity contribution in [3.8, 4) is 0 Å². The van der Waals surface area contributed by atoms with E-state index in [4.69, 9.17) is 0 Å². The van der Waals surface area contributed by atoms with Gasteiger partial charge in [-0.2, -0.15) is 0 Å². The van der Waals surface area contributed by atoms with Crippen LogP contribution < -0.4 is 0 Å². The van der Waals surface area contributed by atoms with E-state index in [1.54, 1.807) is 0 Å². The quantitative estimate of drug-likeness (QED) is 0.548. The lowest BCUT2D eigenvalue weighted by Gasteiger charge is -2.53. The molecule has 0 radical (unpaired) electrons.